The molecule has 0 unspecified atom stereocenters. The number of halogens is 2. The van der Waals surface area contributed by atoms with Crippen molar-refractivity contribution in [3.05, 3.63) is 73.2 Å². The number of nitro benzene ring substituents is 1. The lowest BCUT2D eigenvalue weighted by molar-refractivity contribution is -0.384. The van der Waals surface area contributed by atoms with E-state index in [0.29, 0.717) is 11.6 Å². The highest BCUT2D eigenvalue weighted by Crippen LogP contribution is 2.25. The highest BCUT2D eigenvalue weighted by atomic mass is 79.9. The predicted molar refractivity (Wildman–Crippen MR) is 87.5 cm³/mol. The molecule has 21 heavy (non-hydrogen) atoms. The summed E-state index contributed by atoms with van der Waals surface area (Å²) in [5.74, 6) is 0. The number of nitrogens with one attached hydrogen (secondary N) is 1. The van der Waals surface area contributed by atoms with Crippen LogP contribution in [0.15, 0.2) is 46.9 Å². The number of hydrogen-bond acceptors (Lipinski definition) is 3. The Morgan fingerprint density at radius 1 is 1.33 bits per heavy atom. The normalized spacial score (nSPS) is 12.1. The van der Waals surface area contributed by atoms with Gasteiger partial charge in [-0.05, 0) is 30.2 Å². The third-order valence-electron chi connectivity index (χ3n) is 3.22. The minimum atomic E-state index is -0.452. The fourth-order valence-corrected chi connectivity index (χ4v) is 2.86. The first-order valence-electron chi connectivity index (χ1n) is 6.39. The molecule has 0 aromatic heterocycles. The largest absolute Gasteiger partial charge is 0.306 e. The molecule has 6 heteroatoms. The van der Waals surface area contributed by atoms with Crippen LogP contribution in [-0.4, -0.2) is 4.92 Å². The molecule has 0 saturated heterocycles. The zero-order chi connectivity index (χ0) is 15.4. The van der Waals surface area contributed by atoms with E-state index < -0.39 is 4.92 Å². The van der Waals surface area contributed by atoms with Crippen LogP contribution in [0, 0.1) is 10.1 Å². The SMILES string of the molecule is C[C@H](NCc1ccc([N+](=O)[O-])cc1Cl)c1ccccc1Br. The first kappa shape index (κ1) is 15.9. The van der Waals surface area contributed by atoms with Crippen molar-refractivity contribution in [2.45, 2.75) is 19.5 Å². The van der Waals surface area contributed by atoms with E-state index in [1.807, 2.05) is 24.3 Å². The van der Waals surface area contributed by atoms with Crippen LogP contribution in [0.1, 0.15) is 24.1 Å². The van der Waals surface area contributed by atoms with Crippen LogP contribution in [0.4, 0.5) is 5.69 Å². The molecule has 0 heterocycles. The van der Waals surface area contributed by atoms with Crippen LogP contribution in [-0.2, 0) is 6.54 Å². The second-order valence-electron chi connectivity index (χ2n) is 4.66. The van der Waals surface area contributed by atoms with Gasteiger partial charge in [0.2, 0.25) is 0 Å². The van der Waals surface area contributed by atoms with Gasteiger partial charge in [0.1, 0.15) is 0 Å². The maximum absolute atomic E-state index is 10.7. The number of benzene rings is 2. The summed E-state index contributed by atoms with van der Waals surface area (Å²) in [6.45, 7) is 2.60. The van der Waals surface area contributed by atoms with Gasteiger partial charge in [-0.2, -0.15) is 0 Å². The zero-order valence-corrected chi connectivity index (χ0v) is 13.7. The molecular weight excluding hydrogens is 356 g/mol. The van der Waals surface area contributed by atoms with Gasteiger partial charge in [0, 0.05) is 29.2 Å². The Balaban J connectivity index is 2.06. The maximum atomic E-state index is 10.7. The number of nitro groups is 1. The first-order chi connectivity index (χ1) is 9.99. The van der Waals surface area contributed by atoms with Crippen molar-refractivity contribution in [3.63, 3.8) is 0 Å². The van der Waals surface area contributed by atoms with E-state index in [0.717, 1.165) is 15.6 Å². The van der Waals surface area contributed by atoms with Gasteiger partial charge in [-0.1, -0.05) is 45.7 Å². The minimum Gasteiger partial charge on any atom is -0.306 e. The smallest absolute Gasteiger partial charge is 0.270 e. The fourth-order valence-electron chi connectivity index (χ4n) is 1.99. The number of hydrogen-bond donors (Lipinski definition) is 1. The van der Waals surface area contributed by atoms with E-state index >= 15 is 0 Å². The highest BCUT2D eigenvalue weighted by Gasteiger charge is 2.12. The molecule has 0 aliphatic heterocycles. The molecule has 0 bridgehead atoms. The molecule has 2 rings (SSSR count). The number of non-ortho nitro benzene ring substituents is 1. The summed E-state index contributed by atoms with van der Waals surface area (Å²) in [6.07, 6.45) is 0. The van der Waals surface area contributed by atoms with Gasteiger partial charge in [0.05, 0.1) is 9.95 Å². The van der Waals surface area contributed by atoms with Gasteiger partial charge in [0.25, 0.3) is 5.69 Å². The summed E-state index contributed by atoms with van der Waals surface area (Å²) < 4.78 is 1.04. The van der Waals surface area contributed by atoms with Crippen LogP contribution in [0.2, 0.25) is 5.02 Å². The van der Waals surface area contributed by atoms with Crippen molar-refractivity contribution in [1.82, 2.24) is 5.32 Å². The molecule has 1 N–H and O–H groups in total. The van der Waals surface area contributed by atoms with Crippen LogP contribution in [0.5, 0.6) is 0 Å². The van der Waals surface area contributed by atoms with E-state index in [9.17, 15) is 10.1 Å². The summed E-state index contributed by atoms with van der Waals surface area (Å²) in [4.78, 5) is 10.2. The second-order valence-corrected chi connectivity index (χ2v) is 5.92. The van der Waals surface area contributed by atoms with Crippen molar-refractivity contribution in [3.8, 4) is 0 Å². The summed E-state index contributed by atoms with van der Waals surface area (Å²) >= 11 is 9.60. The van der Waals surface area contributed by atoms with Gasteiger partial charge in [0.15, 0.2) is 0 Å². The molecule has 0 fully saturated rings. The van der Waals surface area contributed by atoms with E-state index in [4.69, 9.17) is 11.6 Å². The van der Waals surface area contributed by atoms with Crippen LogP contribution in [0.25, 0.3) is 0 Å². The molecule has 0 spiro atoms. The Hall–Kier alpha value is -1.43. The van der Waals surface area contributed by atoms with Crippen molar-refractivity contribution >= 4 is 33.2 Å². The van der Waals surface area contributed by atoms with Crippen LogP contribution < -0.4 is 5.32 Å². The van der Waals surface area contributed by atoms with Gasteiger partial charge < -0.3 is 5.32 Å². The minimum absolute atomic E-state index is 0.00241. The summed E-state index contributed by atoms with van der Waals surface area (Å²) in [5.41, 5.74) is 1.99. The molecular formula is C15H14BrClN2O2. The van der Waals surface area contributed by atoms with Crippen molar-refractivity contribution in [2.24, 2.45) is 0 Å². The van der Waals surface area contributed by atoms with E-state index in [1.54, 1.807) is 6.07 Å². The average Bonchev–Trinajstić information content (AvgIpc) is 2.46. The molecule has 1 atom stereocenters. The van der Waals surface area contributed by atoms with E-state index in [2.05, 4.69) is 28.2 Å². The van der Waals surface area contributed by atoms with Gasteiger partial charge in [-0.25, -0.2) is 0 Å². The van der Waals surface area contributed by atoms with Crippen LogP contribution >= 0.6 is 27.5 Å². The number of nitrogens with zero attached hydrogens (tertiary/aromatic N) is 1. The van der Waals surface area contributed by atoms with Gasteiger partial charge >= 0.3 is 0 Å². The van der Waals surface area contributed by atoms with Crippen molar-refractivity contribution in [2.75, 3.05) is 0 Å². The second kappa shape index (κ2) is 7.02. The summed E-state index contributed by atoms with van der Waals surface area (Å²) in [7, 11) is 0. The Labute approximate surface area is 136 Å². The molecule has 0 radical (unpaired) electrons. The lowest BCUT2D eigenvalue weighted by atomic mass is 10.1. The van der Waals surface area contributed by atoms with E-state index in [1.165, 1.54) is 12.1 Å². The standard InChI is InChI=1S/C15H14BrClN2O2/c1-10(13-4-2-3-5-14(13)16)18-9-11-6-7-12(19(20)21)8-15(11)17/h2-8,10,18H,9H2,1H3/t10-/m0/s1. The average molecular weight is 370 g/mol. The predicted octanol–water partition coefficient (Wildman–Crippen LogP) is 4.86. The molecule has 4 nitrogen and oxygen atoms in total. The Bertz CT molecular complexity index is 664. The number of rotatable bonds is 5. The third kappa shape index (κ3) is 4.03. The van der Waals surface area contributed by atoms with Gasteiger partial charge in [-0.15, -0.1) is 0 Å². The fraction of sp³-hybridized carbons (Fsp3) is 0.200. The molecule has 0 aliphatic carbocycles. The lowest BCUT2D eigenvalue weighted by Gasteiger charge is -2.16. The molecule has 0 saturated carbocycles. The maximum Gasteiger partial charge on any atom is 0.270 e. The highest BCUT2D eigenvalue weighted by molar-refractivity contribution is 9.10. The summed E-state index contributed by atoms with van der Waals surface area (Å²) in [5, 5.41) is 14.4. The lowest BCUT2D eigenvalue weighted by Crippen LogP contribution is -2.18. The first-order valence-corrected chi connectivity index (χ1v) is 7.56. The Morgan fingerprint density at radius 2 is 2.05 bits per heavy atom. The third-order valence-corrected chi connectivity index (χ3v) is 4.29. The quantitative estimate of drug-likeness (QED) is 0.605. The Morgan fingerprint density at radius 3 is 2.67 bits per heavy atom. The van der Waals surface area contributed by atoms with E-state index in [-0.39, 0.29) is 11.7 Å². The molecule has 2 aromatic carbocycles. The topological polar surface area (TPSA) is 55.2 Å². The van der Waals surface area contributed by atoms with Crippen molar-refractivity contribution in [1.29, 1.82) is 0 Å². The summed E-state index contributed by atoms with van der Waals surface area (Å²) in [6, 6.07) is 12.6. The zero-order valence-electron chi connectivity index (χ0n) is 11.3. The Kier molecular flexibility index (Phi) is 5.33. The monoisotopic (exact) mass is 368 g/mol. The van der Waals surface area contributed by atoms with Crippen LogP contribution in [0.3, 0.4) is 0 Å². The molecule has 0 aliphatic rings. The molecule has 110 valence electrons. The molecule has 2 aromatic rings. The molecule has 0 amide bonds. The van der Waals surface area contributed by atoms with Gasteiger partial charge in [-0.3, -0.25) is 10.1 Å². The van der Waals surface area contributed by atoms with Crippen molar-refractivity contribution < 1.29 is 4.92 Å².